The minimum Gasteiger partial charge on any atom is -0.396 e. The van der Waals surface area contributed by atoms with Crippen molar-refractivity contribution in [2.75, 3.05) is 6.61 Å². The summed E-state index contributed by atoms with van der Waals surface area (Å²) in [6, 6.07) is 2.68. The third-order valence-corrected chi connectivity index (χ3v) is 2.70. The molecule has 1 saturated carbocycles. The molecule has 1 aliphatic carbocycles. The maximum absolute atomic E-state index is 13.0. The Labute approximate surface area is 83.3 Å². The van der Waals surface area contributed by atoms with Crippen molar-refractivity contribution in [1.82, 2.24) is 0 Å². The highest BCUT2D eigenvalue weighted by Crippen LogP contribution is 2.61. The van der Waals surface area contributed by atoms with Gasteiger partial charge in [-0.25, -0.2) is 17.6 Å². The Balaban J connectivity index is 2.29. The van der Waals surface area contributed by atoms with Gasteiger partial charge in [0.1, 0.15) is 0 Å². The Hall–Kier alpha value is -1.10. The van der Waals surface area contributed by atoms with E-state index in [-0.39, 0.29) is 5.56 Å². The summed E-state index contributed by atoms with van der Waals surface area (Å²) >= 11 is 0. The van der Waals surface area contributed by atoms with Crippen LogP contribution in [0, 0.1) is 17.6 Å². The second-order valence-electron chi connectivity index (χ2n) is 3.61. The molecule has 0 aromatic heterocycles. The topological polar surface area (TPSA) is 20.2 Å². The van der Waals surface area contributed by atoms with Crippen molar-refractivity contribution in [3.8, 4) is 0 Å². The van der Waals surface area contributed by atoms with Crippen LogP contribution in [0.3, 0.4) is 0 Å². The van der Waals surface area contributed by atoms with E-state index >= 15 is 0 Å². The van der Waals surface area contributed by atoms with E-state index in [2.05, 4.69) is 0 Å². The average Bonchev–Trinajstić information content (AvgIpc) is 2.73. The lowest BCUT2D eigenvalue weighted by atomic mass is 10.1. The number of aliphatic hydroxyl groups is 1. The summed E-state index contributed by atoms with van der Waals surface area (Å²) < 4.78 is 51.3. The zero-order valence-electron chi connectivity index (χ0n) is 7.55. The molecule has 1 fully saturated rings. The molecule has 5 heteroatoms. The first kappa shape index (κ1) is 10.4. The average molecular weight is 220 g/mol. The highest BCUT2D eigenvalue weighted by atomic mass is 19.3. The van der Waals surface area contributed by atoms with Gasteiger partial charge in [0.2, 0.25) is 0 Å². The fourth-order valence-electron chi connectivity index (χ4n) is 1.78. The first-order valence-electron chi connectivity index (χ1n) is 4.42. The number of hydrogen-bond donors (Lipinski definition) is 1. The van der Waals surface area contributed by atoms with E-state index < -0.39 is 36.0 Å². The van der Waals surface area contributed by atoms with Gasteiger partial charge in [-0.3, -0.25) is 0 Å². The first-order chi connectivity index (χ1) is 6.98. The van der Waals surface area contributed by atoms with Gasteiger partial charge in [0, 0.05) is 0 Å². The van der Waals surface area contributed by atoms with Gasteiger partial charge in [-0.2, -0.15) is 0 Å². The van der Waals surface area contributed by atoms with Crippen LogP contribution < -0.4 is 0 Å². The third kappa shape index (κ3) is 1.51. The summed E-state index contributed by atoms with van der Waals surface area (Å²) in [6.07, 6.45) is 0. The largest absolute Gasteiger partial charge is 0.396 e. The van der Waals surface area contributed by atoms with Crippen molar-refractivity contribution >= 4 is 0 Å². The molecule has 0 spiro atoms. The van der Waals surface area contributed by atoms with E-state index in [1.54, 1.807) is 0 Å². The van der Waals surface area contributed by atoms with Gasteiger partial charge in [0.15, 0.2) is 11.6 Å². The van der Waals surface area contributed by atoms with E-state index in [4.69, 9.17) is 5.11 Å². The summed E-state index contributed by atoms with van der Waals surface area (Å²) in [5, 5.41) is 8.65. The van der Waals surface area contributed by atoms with Crippen molar-refractivity contribution in [2.45, 2.75) is 11.8 Å². The molecule has 1 nitrogen and oxygen atoms in total. The second kappa shape index (κ2) is 3.20. The molecule has 1 aromatic rings. The maximum Gasteiger partial charge on any atom is 0.261 e. The van der Waals surface area contributed by atoms with Gasteiger partial charge in [-0.15, -0.1) is 0 Å². The molecule has 82 valence electrons. The molecule has 0 bridgehead atoms. The van der Waals surface area contributed by atoms with E-state index in [9.17, 15) is 17.6 Å². The molecule has 0 unspecified atom stereocenters. The number of aliphatic hydroxyl groups excluding tert-OH is 1. The van der Waals surface area contributed by atoms with Gasteiger partial charge in [0.25, 0.3) is 5.92 Å². The number of benzene rings is 1. The minimum atomic E-state index is -3.01. The standard InChI is InChI=1S/C10H8F4O/c11-7-2-1-5(3-8(7)12)9-6(4-15)10(9,13)14/h1-3,6,9,15H,4H2/t6-,9-/m1/s1. The summed E-state index contributed by atoms with van der Waals surface area (Å²) in [7, 11) is 0. The Morgan fingerprint density at radius 2 is 1.87 bits per heavy atom. The molecule has 0 heterocycles. The Morgan fingerprint density at radius 1 is 1.20 bits per heavy atom. The Bertz CT molecular complexity index is 391. The van der Waals surface area contributed by atoms with Crippen LogP contribution in [0.1, 0.15) is 11.5 Å². The van der Waals surface area contributed by atoms with Crippen LogP contribution in [-0.2, 0) is 0 Å². The second-order valence-corrected chi connectivity index (χ2v) is 3.61. The zero-order chi connectivity index (χ0) is 11.2. The van der Waals surface area contributed by atoms with Crippen LogP contribution in [0.2, 0.25) is 0 Å². The van der Waals surface area contributed by atoms with Gasteiger partial charge >= 0.3 is 0 Å². The van der Waals surface area contributed by atoms with Crippen LogP contribution in [0.4, 0.5) is 17.6 Å². The fourth-order valence-corrected chi connectivity index (χ4v) is 1.78. The molecule has 0 amide bonds. The van der Waals surface area contributed by atoms with Crippen LogP contribution in [0.15, 0.2) is 18.2 Å². The third-order valence-electron chi connectivity index (χ3n) is 2.70. The van der Waals surface area contributed by atoms with Crippen LogP contribution in [0.25, 0.3) is 0 Å². The lowest BCUT2D eigenvalue weighted by Crippen LogP contribution is -1.97. The number of rotatable bonds is 2. The Kier molecular flexibility index (Phi) is 2.22. The SMILES string of the molecule is OC[C@@H]1[C@@H](c2ccc(F)c(F)c2)C1(F)F. The van der Waals surface area contributed by atoms with E-state index in [0.29, 0.717) is 0 Å². The van der Waals surface area contributed by atoms with E-state index in [1.165, 1.54) is 0 Å². The van der Waals surface area contributed by atoms with Gasteiger partial charge in [-0.1, -0.05) is 6.07 Å². The maximum atomic E-state index is 13.0. The van der Waals surface area contributed by atoms with Crippen LogP contribution >= 0.6 is 0 Å². The molecule has 0 aliphatic heterocycles. The highest BCUT2D eigenvalue weighted by molar-refractivity contribution is 5.33. The van der Waals surface area contributed by atoms with E-state index in [1.807, 2.05) is 0 Å². The van der Waals surface area contributed by atoms with E-state index in [0.717, 1.165) is 18.2 Å². The molecule has 15 heavy (non-hydrogen) atoms. The number of alkyl halides is 2. The van der Waals surface area contributed by atoms with Crippen molar-refractivity contribution in [3.05, 3.63) is 35.4 Å². The van der Waals surface area contributed by atoms with Crippen LogP contribution in [0.5, 0.6) is 0 Å². The van der Waals surface area contributed by atoms with Crippen molar-refractivity contribution in [1.29, 1.82) is 0 Å². The monoisotopic (exact) mass is 220 g/mol. The normalized spacial score (nSPS) is 27.8. The smallest absolute Gasteiger partial charge is 0.261 e. The molecule has 1 N–H and O–H groups in total. The minimum absolute atomic E-state index is 0.0259. The van der Waals surface area contributed by atoms with Gasteiger partial charge < -0.3 is 5.11 Å². The fraction of sp³-hybridized carbons (Fsp3) is 0.400. The predicted octanol–water partition coefficient (Wildman–Crippen LogP) is 2.31. The quantitative estimate of drug-likeness (QED) is 0.758. The molecule has 2 atom stereocenters. The number of halogens is 4. The molecular weight excluding hydrogens is 212 g/mol. The van der Waals surface area contributed by atoms with Crippen LogP contribution in [-0.4, -0.2) is 17.6 Å². The lowest BCUT2D eigenvalue weighted by molar-refractivity contribution is 0.0785. The van der Waals surface area contributed by atoms with Gasteiger partial charge in [-0.05, 0) is 17.7 Å². The summed E-state index contributed by atoms with van der Waals surface area (Å²) in [6.45, 7) is -0.656. The summed E-state index contributed by atoms with van der Waals surface area (Å²) in [4.78, 5) is 0. The summed E-state index contributed by atoms with van der Waals surface area (Å²) in [5.41, 5.74) is 0.0259. The molecular formula is C10H8F4O. The first-order valence-corrected chi connectivity index (χ1v) is 4.42. The molecule has 1 aliphatic rings. The number of hydrogen-bond acceptors (Lipinski definition) is 1. The van der Waals surface area contributed by atoms with Gasteiger partial charge in [0.05, 0.1) is 18.4 Å². The lowest BCUT2D eigenvalue weighted by Gasteiger charge is -1.99. The Morgan fingerprint density at radius 3 is 2.33 bits per heavy atom. The molecule has 1 aromatic carbocycles. The predicted molar refractivity (Wildman–Crippen MR) is 44.6 cm³/mol. The zero-order valence-corrected chi connectivity index (χ0v) is 7.55. The van der Waals surface area contributed by atoms with Crippen molar-refractivity contribution in [3.63, 3.8) is 0 Å². The van der Waals surface area contributed by atoms with Crippen molar-refractivity contribution < 1.29 is 22.7 Å². The van der Waals surface area contributed by atoms with Crippen molar-refractivity contribution in [2.24, 2.45) is 5.92 Å². The molecule has 0 saturated heterocycles. The molecule has 0 radical (unpaired) electrons. The highest BCUT2D eigenvalue weighted by Gasteiger charge is 2.68. The summed E-state index contributed by atoms with van der Waals surface area (Å²) in [5.74, 6) is -7.60. The molecule has 2 rings (SSSR count).